The van der Waals surface area contributed by atoms with Gasteiger partial charge in [-0.25, -0.2) is 0 Å². The number of aromatic nitrogens is 1. The Morgan fingerprint density at radius 3 is 3.14 bits per heavy atom. The smallest absolute Gasteiger partial charge is 0.232 e. The van der Waals surface area contributed by atoms with E-state index in [0.29, 0.717) is 5.92 Å². The van der Waals surface area contributed by atoms with Crippen molar-refractivity contribution < 1.29 is 4.79 Å². The molecule has 3 N–H and O–H groups in total. The van der Waals surface area contributed by atoms with Crippen LogP contribution in [0.15, 0.2) is 24.3 Å². The molecule has 1 saturated carbocycles. The molecule has 2 aliphatic rings. The molecule has 4 rings (SSSR count). The minimum Gasteiger partial charge on any atom is -0.359 e. The molecule has 116 valence electrons. The van der Waals surface area contributed by atoms with Gasteiger partial charge in [0.1, 0.15) is 0 Å². The van der Waals surface area contributed by atoms with Crippen molar-refractivity contribution in [2.24, 2.45) is 11.3 Å². The summed E-state index contributed by atoms with van der Waals surface area (Å²) in [6.45, 7) is 3.87. The molecular weight excluding hydrogens is 274 g/mol. The number of amides is 1. The number of aromatic amines is 1. The van der Waals surface area contributed by atoms with Crippen molar-refractivity contribution in [3.05, 3.63) is 30.0 Å². The Morgan fingerprint density at radius 2 is 2.23 bits per heavy atom. The Balaban J connectivity index is 1.59. The maximum absolute atomic E-state index is 13.0. The summed E-state index contributed by atoms with van der Waals surface area (Å²) >= 11 is 0. The summed E-state index contributed by atoms with van der Waals surface area (Å²) in [6, 6.07) is 8.21. The third kappa shape index (κ3) is 2.13. The highest BCUT2D eigenvalue weighted by atomic mass is 16.2. The second-order valence-electron chi connectivity index (χ2n) is 6.94. The van der Waals surface area contributed by atoms with E-state index >= 15 is 0 Å². The van der Waals surface area contributed by atoms with Gasteiger partial charge in [0.2, 0.25) is 5.91 Å². The maximum Gasteiger partial charge on any atom is 0.232 e. The predicted octanol–water partition coefficient (Wildman–Crippen LogP) is 3.19. The lowest BCUT2D eigenvalue weighted by Gasteiger charge is -2.37. The van der Waals surface area contributed by atoms with Crippen LogP contribution in [0.3, 0.4) is 0 Å². The van der Waals surface area contributed by atoms with E-state index in [1.807, 2.05) is 19.1 Å². The van der Waals surface area contributed by atoms with Gasteiger partial charge in [-0.05, 0) is 56.5 Å². The third-order valence-corrected chi connectivity index (χ3v) is 5.50. The van der Waals surface area contributed by atoms with Crippen molar-refractivity contribution in [1.29, 1.82) is 0 Å². The van der Waals surface area contributed by atoms with Crippen molar-refractivity contribution in [2.75, 3.05) is 18.4 Å². The fourth-order valence-electron chi connectivity index (χ4n) is 4.30. The first kappa shape index (κ1) is 13.8. The lowest BCUT2D eigenvalue weighted by atomic mass is 9.67. The molecule has 2 heterocycles. The number of carbonyl (C=O) groups excluding carboxylic acids is 1. The molecule has 1 aliphatic carbocycles. The minimum atomic E-state index is -0.193. The highest BCUT2D eigenvalue weighted by Crippen LogP contribution is 2.44. The molecule has 1 saturated heterocycles. The van der Waals surface area contributed by atoms with Crippen LogP contribution in [0, 0.1) is 18.3 Å². The second-order valence-corrected chi connectivity index (χ2v) is 6.94. The molecule has 0 spiro atoms. The van der Waals surface area contributed by atoms with Gasteiger partial charge in [-0.15, -0.1) is 0 Å². The molecule has 0 radical (unpaired) electrons. The van der Waals surface area contributed by atoms with Crippen molar-refractivity contribution in [3.8, 4) is 0 Å². The lowest BCUT2D eigenvalue weighted by molar-refractivity contribution is -0.128. The Hall–Kier alpha value is -1.81. The van der Waals surface area contributed by atoms with Gasteiger partial charge in [-0.3, -0.25) is 4.79 Å². The average molecular weight is 297 g/mol. The SMILES string of the molecule is Cc1cc2cc(NC(=O)[C@@]34CCCC[C@H]3CNC4)ccc2[nH]1. The zero-order valence-corrected chi connectivity index (χ0v) is 13.0. The minimum absolute atomic E-state index is 0.193. The maximum atomic E-state index is 13.0. The Bertz CT molecular complexity index is 720. The second kappa shape index (κ2) is 5.13. The summed E-state index contributed by atoms with van der Waals surface area (Å²) in [5.74, 6) is 0.702. The number of nitrogens with one attached hydrogen (secondary N) is 3. The number of hydrogen-bond acceptors (Lipinski definition) is 2. The fourth-order valence-corrected chi connectivity index (χ4v) is 4.30. The van der Waals surface area contributed by atoms with Gasteiger partial charge in [0.15, 0.2) is 0 Å². The van der Waals surface area contributed by atoms with Crippen LogP contribution < -0.4 is 10.6 Å². The molecule has 4 heteroatoms. The summed E-state index contributed by atoms with van der Waals surface area (Å²) in [7, 11) is 0. The van der Waals surface area contributed by atoms with E-state index in [1.165, 1.54) is 19.3 Å². The predicted molar refractivity (Wildman–Crippen MR) is 88.9 cm³/mol. The van der Waals surface area contributed by atoms with Gasteiger partial charge in [0.25, 0.3) is 0 Å². The van der Waals surface area contributed by atoms with Gasteiger partial charge in [-0.2, -0.15) is 0 Å². The molecule has 1 aromatic heterocycles. The van der Waals surface area contributed by atoms with Crippen molar-refractivity contribution in [2.45, 2.75) is 32.6 Å². The van der Waals surface area contributed by atoms with E-state index in [0.717, 1.165) is 41.8 Å². The van der Waals surface area contributed by atoms with Crippen LogP contribution in [0.2, 0.25) is 0 Å². The van der Waals surface area contributed by atoms with Crippen LogP contribution in [-0.4, -0.2) is 24.0 Å². The van der Waals surface area contributed by atoms with Gasteiger partial charge >= 0.3 is 0 Å². The molecule has 2 atom stereocenters. The molecule has 1 aromatic carbocycles. The van der Waals surface area contributed by atoms with Crippen LogP contribution in [-0.2, 0) is 4.79 Å². The third-order valence-electron chi connectivity index (χ3n) is 5.50. The Morgan fingerprint density at radius 1 is 1.32 bits per heavy atom. The molecule has 1 aliphatic heterocycles. The van der Waals surface area contributed by atoms with Gasteiger partial charge in [0.05, 0.1) is 5.41 Å². The van der Waals surface area contributed by atoms with Gasteiger partial charge in [-0.1, -0.05) is 12.8 Å². The first-order valence-corrected chi connectivity index (χ1v) is 8.29. The van der Waals surface area contributed by atoms with E-state index in [2.05, 4.69) is 27.8 Å². The van der Waals surface area contributed by atoms with Crippen LogP contribution in [0.4, 0.5) is 5.69 Å². The van der Waals surface area contributed by atoms with Crippen molar-refractivity contribution >= 4 is 22.5 Å². The number of fused-ring (bicyclic) bond motifs is 2. The van der Waals surface area contributed by atoms with Crippen molar-refractivity contribution in [3.63, 3.8) is 0 Å². The first-order chi connectivity index (χ1) is 10.7. The first-order valence-electron chi connectivity index (χ1n) is 8.29. The standard InChI is InChI=1S/C18H23N3O/c1-12-8-13-9-15(5-6-16(13)20-12)21-17(22)18-7-3-2-4-14(18)10-19-11-18/h5-6,8-9,14,19-20H,2-4,7,10-11H2,1H3,(H,21,22)/t14-,18+/m0/s1. The van der Waals surface area contributed by atoms with Crippen molar-refractivity contribution in [1.82, 2.24) is 10.3 Å². The molecular formula is C18H23N3O. The monoisotopic (exact) mass is 297 g/mol. The number of hydrogen-bond donors (Lipinski definition) is 3. The topological polar surface area (TPSA) is 56.9 Å². The summed E-state index contributed by atoms with van der Waals surface area (Å²) in [4.78, 5) is 16.3. The van der Waals surface area contributed by atoms with Gasteiger partial charge < -0.3 is 15.6 Å². The zero-order chi connectivity index (χ0) is 15.2. The molecule has 1 amide bonds. The molecule has 2 aromatic rings. The van der Waals surface area contributed by atoms with Gasteiger partial charge in [0, 0.05) is 28.8 Å². The normalized spacial score (nSPS) is 27.8. The number of aryl methyl sites for hydroxylation is 1. The molecule has 0 unspecified atom stereocenters. The van der Waals surface area contributed by atoms with E-state index in [-0.39, 0.29) is 11.3 Å². The largest absolute Gasteiger partial charge is 0.359 e. The molecule has 2 fully saturated rings. The Labute approximate surface area is 130 Å². The summed E-state index contributed by atoms with van der Waals surface area (Å²) in [5.41, 5.74) is 2.97. The van der Waals surface area contributed by atoms with Crippen LogP contribution in [0.5, 0.6) is 0 Å². The summed E-state index contributed by atoms with van der Waals surface area (Å²) in [5, 5.41) is 7.77. The van der Waals surface area contributed by atoms with Crippen LogP contribution in [0.1, 0.15) is 31.4 Å². The highest BCUT2D eigenvalue weighted by molar-refractivity contribution is 5.98. The van der Waals surface area contributed by atoms with E-state index in [9.17, 15) is 4.79 Å². The van der Waals surface area contributed by atoms with Crippen LogP contribution >= 0.6 is 0 Å². The number of rotatable bonds is 2. The highest BCUT2D eigenvalue weighted by Gasteiger charge is 2.49. The fraction of sp³-hybridized carbons (Fsp3) is 0.500. The van der Waals surface area contributed by atoms with Crippen LogP contribution in [0.25, 0.3) is 10.9 Å². The number of carbonyl (C=O) groups is 1. The quantitative estimate of drug-likeness (QED) is 0.797. The van der Waals surface area contributed by atoms with E-state index < -0.39 is 0 Å². The molecule has 0 bridgehead atoms. The number of benzene rings is 1. The number of anilines is 1. The summed E-state index contributed by atoms with van der Waals surface area (Å²) < 4.78 is 0. The molecule has 4 nitrogen and oxygen atoms in total. The molecule has 22 heavy (non-hydrogen) atoms. The van der Waals surface area contributed by atoms with E-state index in [4.69, 9.17) is 0 Å². The number of H-pyrrole nitrogens is 1. The van der Waals surface area contributed by atoms with E-state index in [1.54, 1.807) is 0 Å². The average Bonchev–Trinajstić information content (AvgIpc) is 3.09. The summed E-state index contributed by atoms with van der Waals surface area (Å²) in [6.07, 6.45) is 4.62. The Kier molecular flexibility index (Phi) is 3.22. The zero-order valence-electron chi connectivity index (χ0n) is 13.0. The lowest BCUT2D eigenvalue weighted by Crippen LogP contribution is -2.44.